The van der Waals surface area contributed by atoms with Gasteiger partial charge in [0.05, 0.1) is 16.7 Å². The molecule has 0 aliphatic rings. The van der Waals surface area contributed by atoms with Crippen molar-refractivity contribution >= 4 is 39.0 Å². The van der Waals surface area contributed by atoms with Crippen LogP contribution in [0.5, 0.6) is 0 Å². The largest absolute Gasteiger partial charge is 0.310 e. The average molecular weight is 641 g/mol. The summed E-state index contributed by atoms with van der Waals surface area (Å²) in [7, 11) is 0. The molecule has 0 aliphatic heterocycles. The normalized spacial score (nSPS) is 11.2. The summed E-state index contributed by atoms with van der Waals surface area (Å²) in [5.41, 5.74) is 12.5. The molecule has 9 aromatic rings. The molecule has 4 heteroatoms. The Morgan fingerprint density at radius 3 is 1.54 bits per heavy atom. The second-order valence-electron chi connectivity index (χ2n) is 12.3. The summed E-state index contributed by atoms with van der Waals surface area (Å²) in [6.07, 6.45) is 0. The van der Waals surface area contributed by atoms with Gasteiger partial charge in [-0.3, -0.25) is 0 Å². The van der Waals surface area contributed by atoms with Crippen LogP contribution in [-0.2, 0) is 0 Å². The number of hydrogen-bond donors (Lipinski definition) is 0. The van der Waals surface area contributed by atoms with Gasteiger partial charge in [0.25, 0.3) is 0 Å². The molecule has 0 bridgehead atoms. The molecule has 2 aromatic heterocycles. The molecule has 4 nitrogen and oxygen atoms in total. The number of benzene rings is 7. The van der Waals surface area contributed by atoms with E-state index in [1.807, 2.05) is 24.3 Å². The lowest BCUT2D eigenvalue weighted by atomic mass is 10.0. The Morgan fingerprint density at radius 2 is 0.900 bits per heavy atom. The van der Waals surface area contributed by atoms with Crippen LogP contribution >= 0.6 is 0 Å². The van der Waals surface area contributed by atoms with Crippen molar-refractivity contribution in [3.63, 3.8) is 0 Å². The van der Waals surface area contributed by atoms with Crippen molar-refractivity contribution in [2.24, 2.45) is 0 Å². The lowest BCUT2D eigenvalue weighted by Crippen LogP contribution is -2.09. The topological polar surface area (TPSA) is 34.0 Å². The Labute approximate surface area is 291 Å². The van der Waals surface area contributed by atoms with Crippen LogP contribution in [0.3, 0.4) is 0 Å². The highest BCUT2D eigenvalue weighted by molar-refractivity contribution is 6.12. The van der Waals surface area contributed by atoms with E-state index in [9.17, 15) is 0 Å². The lowest BCUT2D eigenvalue weighted by molar-refractivity contribution is 1.15. The van der Waals surface area contributed by atoms with Crippen molar-refractivity contribution < 1.29 is 0 Å². The molecule has 7 aromatic carbocycles. The van der Waals surface area contributed by atoms with Gasteiger partial charge in [0.15, 0.2) is 5.82 Å². The van der Waals surface area contributed by atoms with Gasteiger partial charge in [-0.1, -0.05) is 140 Å². The van der Waals surface area contributed by atoms with E-state index in [1.165, 1.54) is 11.1 Å². The third-order valence-corrected chi connectivity index (χ3v) is 9.18. The minimum Gasteiger partial charge on any atom is -0.310 e. The summed E-state index contributed by atoms with van der Waals surface area (Å²) in [5.74, 6) is 0.700. The second kappa shape index (κ2) is 12.7. The molecule has 0 aliphatic carbocycles. The molecule has 9 rings (SSSR count). The fourth-order valence-corrected chi connectivity index (χ4v) is 6.84. The number of fused-ring (bicyclic) bond motifs is 3. The van der Waals surface area contributed by atoms with E-state index in [4.69, 9.17) is 9.97 Å². The van der Waals surface area contributed by atoms with E-state index in [0.717, 1.165) is 61.5 Å². The maximum absolute atomic E-state index is 5.35. The quantitative estimate of drug-likeness (QED) is 0.174. The number of hydrogen-bond acceptors (Lipinski definition) is 3. The third kappa shape index (κ3) is 5.29. The number of para-hydroxylation sites is 2. The molecule has 0 saturated heterocycles. The SMILES string of the molecule is c1ccc(-c2ccc(N(c3ccccc3)c3ccc4c(c3)c3nc(-c5ccccc5)nc(-c5ccccc5)c3n4-c3ccccc3)cc2)cc1. The first-order chi connectivity index (χ1) is 24.8. The summed E-state index contributed by atoms with van der Waals surface area (Å²) in [6, 6.07) is 67.8. The third-order valence-electron chi connectivity index (χ3n) is 9.18. The molecule has 0 spiro atoms. The molecule has 0 saturated carbocycles. The molecule has 0 atom stereocenters. The van der Waals surface area contributed by atoms with E-state index in [2.05, 4.69) is 179 Å². The second-order valence-corrected chi connectivity index (χ2v) is 12.3. The summed E-state index contributed by atoms with van der Waals surface area (Å²) >= 11 is 0. The van der Waals surface area contributed by atoms with E-state index >= 15 is 0 Å². The van der Waals surface area contributed by atoms with Crippen LogP contribution in [0.2, 0.25) is 0 Å². The smallest absolute Gasteiger partial charge is 0.160 e. The lowest BCUT2D eigenvalue weighted by Gasteiger charge is -2.26. The monoisotopic (exact) mass is 640 g/mol. The summed E-state index contributed by atoms with van der Waals surface area (Å²) < 4.78 is 2.31. The fraction of sp³-hybridized carbons (Fsp3) is 0. The van der Waals surface area contributed by atoms with Crippen LogP contribution in [0.4, 0.5) is 17.1 Å². The van der Waals surface area contributed by atoms with Crippen molar-refractivity contribution in [3.05, 3.63) is 194 Å². The number of nitrogens with zero attached hydrogens (tertiary/aromatic N) is 4. The highest BCUT2D eigenvalue weighted by Gasteiger charge is 2.23. The summed E-state index contributed by atoms with van der Waals surface area (Å²) in [4.78, 5) is 12.9. The van der Waals surface area contributed by atoms with Gasteiger partial charge in [-0.25, -0.2) is 9.97 Å². The van der Waals surface area contributed by atoms with Crippen LogP contribution in [0, 0.1) is 0 Å². The maximum atomic E-state index is 5.35. The van der Waals surface area contributed by atoms with Crippen LogP contribution in [-0.4, -0.2) is 14.5 Å². The van der Waals surface area contributed by atoms with Gasteiger partial charge < -0.3 is 9.47 Å². The molecule has 0 N–H and O–H groups in total. The van der Waals surface area contributed by atoms with Crippen LogP contribution in [0.25, 0.3) is 61.4 Å². The van der Waals surface area contributed by atoms with Crippen molar-refractivity contribution in [3.8, 4) is 39.5 Å². The Balaban J connectivity index is 1.32. The molecule has 0 amide bonds. The molecule has 0 unspecified atom stereocenters. The van der Waals surface area contributed by atoms with Crippen LogP contribution < -0.4 is 4.90 Å². The molecular formula is C46H32N4. The van der Waals surface area contributed by atoms with E-state index in [1.54, 1.807) is 0 Å². The first-order valence-corrected chi connectivity index (χ1v) is 16.8. The van der Waals surface area contributed by atoms with Crippen molar-refractivity contribution in [2.75, 3.05) is 4.90 Å². The van der Waals surface area contributed by atoms with Crippen LogP contribution in [0.1, 0.15) is 0 Å². The van der Waals surface area contributed by atoms with Gasteiger partial charge in [0.1, 0.15) is 5.52 Å². The number of anilines is 3. The summed E-state index contributed by atoms with van der Waals surface area (Å²) in [5, 5.41) is 1.06. The van der Waals surface area contributed by atoms with E-state index in [-0.39, 0.29) is 0 Å². The average Bonchev–Trinajstić information content (AvgIpc) is 3.53. The zero-order chi connectivity index (χ0) is 33.3. The Morgan fingerprint density at radius 1 is 0.400 bits per heavy atom. The van der Waals surface area contributed by atoms with Gasteiger partial charge in [-0.15, -0.1) is 0 Å². The standard InChI is InChI=1S/C46H32N4/c1-6-16-33(17-7-1)34-26-28-39(29-27-34)49(37-22-12-4-13-23-37)40-30-31-42-41(32-40)44-45(50(42)38-24-14-5-15-25-38)43(35-18-8-2-9-19-35)47-46(48-44)36-20-10-3-11-21-36/h1-32H. The first kappa shape index (κ1) is 29.4. The van der Waals surface area contributed by atoms with Gasteiger partial charge in [0, 0.05) is 39.3 Å². The maximum Gasteiger partial charge on any atom is 0.160 e. The fourth-order valence-electron chi connectivity index (χ4n) is 6.84. The van der Waals surface area contributed by atoms with E-state index < -0.39 is 0 Å². The molecule has 236 valence electrons. The number of aromatic nitrogens is 3. The first-order valence-electron chi connectivity index (χ1n) is 16.8. The highest BCUT2D eigenvalue weighted by Crippen LogP contribution is 2.42. The Bertz CT molecular complexity index is 2550. The van der Waals surface area contributed by atoms with Crippen molar-refractivity contribution in [2.45, 2.75) is 0 Å². The van der Waals surface area contributed by atoms with Crippen LogP contribution in [0.15, 0.2) is 194 Å². The number of rotatable bonds is 7. The molecule has 0 fully saturated rings. The van der Waals surface area contributed by atoms with Gasteiger partial charge >= 0.3 is 0 Å². The van der Waals surface area contributed by atoms with Gasteiger partial charge in [-0.05, 0) is 65.7 Å². The van der Waals surface area contributed by atoms with Gasteiger partial charge in [-0.2, -0.15) is 0 Å². The predicted molar refractivity (Wildman–Crippen MR) is 207 cm³/mol. The predicted octanol–water partition coefficient (Wildman–Crippen LogP) is 12.0. The molecule has 2 heterocycles. The zero-order valence-corrected chi connectivity index (χ0v) is 27.3. The minimum atomic E-state index is 0.700. The Hall–Kier alpha value is -6.78. The minimum absolute atomic E-state index is 0.700. The highest BCUT2D eigenvalue weighted by atomic mass is 15.1. The van der Waals surface area contributed by atoms with Crippen molar-refractivity contribution in [1.82, 2.24) is 14.5 Å². The summed E-state index contributed by atoms with van der Waals surface area (Å²) in [6.45, 7) is 0. The molecule has 50 heavy (non-hydrogen) atoms. The van der Waals surface area contributed by atoms with Crippen molar-refractivity contribution in [1.29, 1.82) is 0 Å². The van der Waals surface area contributed by atoms with Gasteiger partial charge in [0.2, 0.25) is 0 Å². The molecular weight excluding hydrogens is 609 g/mol. The zero-order valence-electron chi connectivity index (χ0n) is 27.3. The van der Waals surface area contributed by atoms with E-state index in [0.29, 0.717) is 5.82 Å². The Kier molecular flexibility index (Phi) is 7.45. The molecule has 0 radical (unpaired) electrons.